The molecule has 2 aliphatic rings. The molecule has 0 aromatic heterocycles. The number of halogens is 2. The van der Waals surface area contributed by atoms with Crippen molar-refractivity contribution < 1.29 is 9.59 Å². The number of benzene rings is 4. The van der Waals surface area contributed by atoms with Gasteiger partial charge in [-0.3, -0.25) is 9.59 Å². The van der Waals surface area contributed by atoms with E-state index in [4.69, 9.17) is 0 Å². The van der Waals surface area contributed by atoms with Crippen LogP contribution in [0.15, 0.2) is 93.9 Å². The normalized spacial score (nSPS) is 16.1. The molecule has 4 aromatic carbocycles. The monoisotopic (exact) mass is 600 g/mol. The zero-order valence-corrected chi connectivity index (χ0v) is 23.8. The van der Waals surface area contributed by atoms with Crippen molar-refractivity contribution >= 4 is 43.4 Å². The molecule has 4 heteroatoms. The molecule has 0 bridgehead atoms. The summed E-state index contributed by atoms with van der Waals surface area (Å²) in [6, 6.07) is 27.7. The number of hydrogen-bond donors (Lipinski definition) is 0. The average Bonchev–Trinajstić information content (AvgIpc) is 2.87. The molecular weight excluding hydrogens is 576 g/mol. The van der Waals surface area contributed by atoms with Crippen molar-refractivity contribution in [1.29, 1.82) is 0 Å². The van der Waals surface area contributed by atoms with E-state index in [1.54, 1.807) is 42.5 Å². The molecular formula is C32H26Br2O2. The molecule has 0 fully saturated rings. The van der Waals surface area contributed by atoms with Crippen molar-refractivity contribution in [3.8, 4) is 0 Å². The topological polar surface area (TPSA) is 34.1 Å². The number of rotatable bonds is 0. The third-order valence-electron chi connectivity index (χ3n) is 7.49. The maximum absolute atomic E-state index is 12.2. The summed E-state index contributed by atoms with van der Waals surface area (Å²) in [7, 11) is 0. The smallest absolute Gasteiger partial charge is 0.194 e. The summed E-state index contributed by atoms with van der Waals surface area (Å²) in [6.45, 7) is 9.31. The van der Waals surface area contributed by atoms with Crippen molar-refractivity contribution in [2.75, 3.05) is 0 Å². The van der Waals surface area contributed by atoms with E-state index in [1.807, 2.05) is 0 Å². The van der Waals surface area contributed by atoms with Gasteiger partial charge in [0.15, 0.2) is 11.6 Å². The maximum atomic E-state index is 12.2. The third-order valence-corrected chi connectivity index (χ3v) is 8.48. The number of carbonyl (C=O) groups excluding carboxylic acids is 2. The third kappa shape index (κ3) is 3.91. The van der Waals surface area contributed by atoms with Crippen LogP contribution in [0.2, 0.25) is 0 Å². The second-order valence-electron chi connectivity index (χ2n) is 10.4. The first-order valence-corrected chi connectivity index (χ1v) is 13.5. The van der Waals surface area contributed by atoms with Crippen LogP contribution >= 0.6 is 31.9 Å². The minimum Gasteiger partial charge on any atom is -0.289 e. The second-order valence-corrected chi connectivity index (χ2v) is 12.2. The van der Waals surface area contributed by atoms with Crippen molar-refractivity contribution in [3.05, 3.63) is 138 Å². The Kier molecular flexibility index (Phi) is 6.17. The fourth-order valence-electron chi connectivity index (χ4n) is 5.51. The molecule has 4 aromatic rings. The summed E-state index contributed by atoms with van der Waals surface area (Å²) in [4.78, 5) is 24.4. The molecule has 0 heterocycles. The zero-order chi connectivity index (χ0) is 25.8. The largest absolute Gasteiger partial charge is 0.289 e. The summed E-state index contributed by atoms with van der Waals surface area (Å²) in [5.74, 6) is -0.167. The van der Waals surface area contributed by atoms with Gasteiger partial charge in [0.2, 0.25) is 0 Å². The Morgan fingerprint density at radius 1 is 0.472 bits per heavy atom. The Balaban J connectivity index is 0.000000149. The fraction of sp³-hybridized carbons (Fsp3) is 0.188. The molecule has 180 valence electrons. The molecule has 36 heavy (non-hydrogen) atoms. The lowest BCUT2D eigenvalue weighted by Gasteiger charge is -2.43. The van der Waals surface area contributed by atoms with E-state index in [9.17, 15) is 9.59 Å². The highest BCUT2D eigenvalue weighted by Crippen LogP contribution is 2.49. The number of hydrogen-bond acceptors (Lipinski definition) is 2. The molecule has 2 nitrogen and oxygen atoms in total. The van der Waals surface area contributed by atoms with Gasteiger partial charge in [0.1, 0.15) is 0 Å². The standard InChI is InChI=1S/C18H19Br.C14H7BrO2/c1-17(2)13-7-5-6-8-14(13)18(3,4)16-11-12(19)9-10-15(16)17;15-8-5-6-11-12(7-8)14(17)10-4-2-1-3-9(10)13(11)16/h5-11H,1-4H3;1-7H. The molecule has 0 N–H and O–H groups in total. The van der Waals surface area contributed by atoms with Gasteiger partial charge in [-0.05, 0) is 52.6 Å². The molecule has 0 saturated carbocycles. The van der Waals surface area contributed by atoms with Crippen LogP contribution in [0.4, 0.5) is 0 Å². The van der Waals surface area contributed by atoms with E-state index in [1.165, 1.54) is 22.3 Å². The summed E-state index contributed by atoms with van der Waals surface area (Å²) in [5, 5.41) is 0. The van der Waals surface area contributed by atoms with Gasteiger partial charge in [0, 0.05) is 42.0 Å². The van der Waals surface area contributed by atoms with Gasteiger partial charge in [-0.15, -0.1) is 0 Å². The molecule has 0 atom stereocenters. The van der Waals surface area contributed by atoms with Gasteiger partial charge in [-0.25, -0.2) is 0 Å². The quantitative estimate of drug-likeness (QED) is 0.178. The first kappa shape index (κ1) is 24.9. The SMILES string of the molecule is CC1(C)c2ccccc2C(C)(C)c2cc(Br)ccc21.O=C1c2ccccc2C(=O)c2cc(Br)ccc21. The molecule has 0 saturated heterocycles. The minimum atomic E-state index is -0.0866. The Hall–Kier alpha value is -2.82. The highest BCUT2D eigenvalue weighted by molar-refractivity contribution is 9.10. The van der Waals surface area contributed by atoms with E-state index in [-0.39, 0.29) is 22.4 Å². The summed E-state index contributed by atoms with van der Waals surface area (Å²) in [5.41, 5.74) is 7.86. The molecule has 0 aliphatic heterocycles. The summed E-state index contributed by atoms with van der Waals surface area (Å²) >= 11 is 6.93. The Labute approximate surface area is 229 Å². The van der Waals surface area contributed by atoms with Crippen LogP contribution in [0.1, 0.15) is 81.8 Å². The molecule has 0 amide bonds. The van der Waals surface area contributed by atoms with Crippen LogP contribution in [0, 0.1) is 0 Å². The van der Waals surface area contributed by atoms with E-state index >= 15 is 0 Å². The summed E-state index contributed by atoms with van der Waals surface area (Å²) < 4.78 is 1.96. The van der Waals surface area contributed by atoms with Crippen LogP contribution in [0.3, 0.4) is 0 Å². The number of fused-ring (bicyclic) bond motifs is 4. The van der Waals surface area contributed by atoms with E-state index in [0.717, 1.165) is 8.95 Å². The van der Waals surface area contributed by atoms with E-state index in [2.05, 4.69) is 102 Å². The average molecular weight is 602 g/mol. The van der Waals surface area contributed by atoms with Crippen LogP contribution in [0.25, 0.3) is 0 Å². The molecule has 2 aliphatic carbocycles. The van der Waals surface area contributed by atoms with Crippen LogP contribution in [-0.4, -0.2) is 11.6 Å². The van der Waals surface area contributed by atoms with Crippen LogP contribution in [-0.2, 0) is 10.8 Å². The lowest BCUT2D eigenvalue weighted by molar-refractivity contribution is 0.0979. The van der Waals surface area contributed by atoms with Crippen molar-refractivity contribution in [2.45, 2.75) is 38.5 Å². The van der Waals surface area contributed by atoms with E-state index < -0.39 is 0 Å². The Morgan fingerprint density at radius 2 is 0.889 bits per heavy atom. The molecule has 0 radical (unpaired) electrons. The highest BCUT2D eigenvalue weighted by Gasteiger charge is 2.41. The molecule has 0 spiro atoms. The van der Waals surface area contributed by atoms with E-state index in [0.29, 0.717) is 22.3 Å². The predicted octanol–water partition coefficient (Wildman–Crippen LogP) is 8.64. The van der Waals surface area contributed by atoms with Crippen molar-refractivity contribution in [3.63, 3.8) is 0 Å². The summed E-state index contributed by atoms with van der Waals surface area (Å²) in [6.07, 6.45) is 0. The van der Waals surface area contributed by atoms with Crippen LogP contribution in [0.5, 0.6) is 0 Å². The lowest BCUT2D eigenvalue weighted by Crippen LogP contribution is -2.36. The van der Waals surface area contributed by atoms with Gasteiger partial charge in [0.05, 0.1) is 0 Å². The molecule has 6 rings (SSSR count). The van der Waals surface area contributed by atoms with Gasteiger partial charge in [-0.2, -0.15) is 0 Å². The predicted molar refractivity (Wildman–Crippen MR) is 152 cm³/mol. The van der Waals surface area contributed by atoms with Gasteiger partial charge >= 0.3 is 0 Å². The van der Waals surface area contributed by atoms with Crippen molar-refractivity contribution in [2.24, 2.45) is 0 Å². The Morgan fingerprint density at radius 3 is 1.50 bits per heavy atom. The Bertz CT molecular complexity index is 1550. The maximum Gasteiger partial charge on any atom is 0.194 e. The lowest BCUT2D eigenvalue weighted by atomic mass is 9.60. The fourth-order valence-corrected chi connectivity index (χ4v) is 6.24. The van der Waals surface area contributed by atoms with Crippen LogP contribution < -0.4 is 0 Å². The molecule has 0 unspecified atom stereocenters. The van der Waals surface area contributed by atoms with Gasteiger partial charge in [-0.1, -0.05) is 114 Å². The first-order valence-electron chi connectivity index (χ1n) is 11.9. The number of carbonyl (C=O) groups is 2. The number of ketones is 2. The highest BCUT2D eigenvalue weighted by atomic mass is 79.9. The second kappa shape index (κ2) is 8.93. The van der Waals surface area contributed by atoms with Gasteiger partial charge in [0.25, 0.3) is 0 Å². The van der Waals surface area contributed by atoms with Crippen molar-refractivity contribution in [1.82, 2.24) is 0 Å². The van der Waals surface area contributed by atoms with Gasteiger partial charge < -0.3 is 0 Å². The minimum absolute atomic E-state index is 0.0607. The first-order chi connectivity index (χ1) is 17.0. The zero-order valence-electron chi connectivity index (χ0n) is 20.7.